The van der Waals surface area contributed by atoms with Crippen LogP contribution in [0.3, 0.4) is 0 Å². The lowest BCUT2D eigenvalue weighted by Gasteiger charge is -2.16. The van der Waals surface area contributed by atoms with Gasteiger partial charge in [-0.05, 0) is 25.0 Å². The summed E-state index contributed by atoms with van der Waals surface area (Å²) in [4.78, 5) is 15.6. The molecule has 9 nitrogen and oxygen atoms in total. The average molecular weight is 376 g/mol. The summed E-state index contributed by atoms with van der Waals surface area (Å²) in [6, 6.07) is 5.85. The molecule has 0 bridgehead atoms. The highest BCUT2D eigenvalue weighted by Gasteiger charge is 2.18. The molecule has 142 valence electrons. The number of methoxy groups -OCH3 is 1. The van der Waals surface area contributed by atoms with Crippen molar-refractivity contribution in [3.05, 3.63) is 49.3 Å². The fourth-order valence-electron chi connectivity index (χ4n) is 3.38. The van der Waals surface area contributed by atoms with E-state index < -0.39 is 0 Å². The van der Waals surface area contributed by atoms with Gasteiger partial charge in [-0.3, -0.25) is 4.98 Å². The van der Waals surface area contributed by atoms with Crippen molar-refractivity contribution in [1.29, 1.82) is 0 Å². The van der Waals surface area contributed by atoms with Gasteiger partial charge >= 0.3 is 0 Å². The lowest BCUT2D eigenvalue weighted by molar-refractivity contribution is 0.412. The standard InChI is InChI=1S/C19H20N8O/c1-28-15-9-14(10-20-11-15)26-12-17(21-13-26)22-18-16-5-4-8-27(16)24-19(23-18)25-6-2-3-7-25/h4-5,8-13H,2-3,6-7H2,1H3,(H,22,23,24). The Morgan fingerprint density at radius 3 is 2.93 bits per heavy atom. The van der Waals surface area contributed by atoms with E-state index in [0.29, 0.717) is 11.6 Å². The molecule has 0 saturated carbocycles. The number of aromatic nitrogens is 6. The Kier molecular flexibility index (Phi) is 4.04. The van der Waals surface area contributed by atoms with Crippen molar-refractivity contribution in [2.24, 2.45) is 0 Å². The van der Waals surface area contributed by atoms with Crippen LogP contribution in [0.4, 0.5) is 17.6 Å². The Hall–Kier alpha value is -3.62. The van der Waals surface area contributed by atoms with Gasteiger partial charge in [0.15, 0.2) is 5.82 Å². The number of nitrogens with zero attached hydrogens (tertiary/aromatic N) is 7. The van der Waals surface area contributed by atoms with E-state index >= 15 is 0 Å². The second-order valence-corrected chi connectivity index (χ2v) is 6.67. The Labute approximate surface area is 161 Å². The molecular formula is C19H20N8O. The molecule has 0 amide bonds. The topological polar surface area (TPSA) is 85.4 Å². The van der Waals surface area contributed by atoms with Crippen LogP contribution in [0.5, 0.6) is 5.75 Å². The third kappa shape index (κ3) is 3.00. The average Bonchev–Trinajstić information content (AvgIpc) is 3.48. The Morgan fingerprint density at radius 1 is 1.18 bits per heavy atom. The molecule has 4 aromatic heterocycles. The van der Waals surface area contributed by atoms with E-state index in [1.54, 1.807) is 25.8 Å². The summed E-state index contributed by atoms with van der Waals surface area (Å²) in [5.74, 6) is 2.86. The predicted octanol–water partition coefficient (Wildman–Crippen LogP) is 2.66. The molecule has 1 fully saturated rings. The summed E-state index contributed by atoms with van der Waals surface area (Å²) >= 11 is 0. The molecule has 0 spiro atoms. The number of nitrogens with one attached hydrogen (secondary N) is 1. The van der Waals surface area contributed by atoms with E-state index in [1.807, 2.05) is 39.7 Å². The van der Waals surface area contributed by atoms with Gasteiger partial charge in [-0.15, -0.1) is 5.10 Å². The molecule has 5 rings (SSSR count). The van der Waals surface area contributed by atoms with E-state index in [2.05, 4.69) is 25.3 Å². The van der Waals surface area contributed by atoms with Gasteiger partial charge in [0, 0.05) is 25.4 Å². The van der Waals surface area contributed by atoms with Crippen molar-refractivity contribution >= 4 is 23.1 Å². The van der Waals surface area contributed by atoms with Crippen molar-refractivity contribution in [3.8, 4) is 11.4 Å². The Bertz CT molecular complexity index is 1110. The molecule has 0 radical (unpaired) electrons. The Balaban J connectivity index is 1.47. The Morgan fingerprint density at radius 2 is 2.07 bits per heavy atom. The summed E-state index contributed by atoms with van der Waals surface area (Å²) < 4.78 is 8.98. The van der Waals surface area contributed by atoms with Gasteiger partial charge in [-0.2, -0.15) is 4.98 Å². The summed E-state index contributed by atoms with van der Waals surface area (Å²) in [5, 5.41) is 7.97. The molecule has 1 aliphatic heterocycles. The first-order valence-corrected chi connectivity index (χ1v) is 9.21. The molecule has 0 aliphatic carbocycles. The van der Waals surface area contributed by atoms with Crippen LogP contribution in [0.15, 0.2) is 49.3 Å². The minimum Gasteiger partial charge on any atom is -0.495 e. The van der Waals surface area contributed by atoms with E-state index in [1.165, 1.54) is 12.8 Å². The molecule has 5 heterocycles. The zero-order valence-electron chi connectivity index (χ0n) is 15.5. The van der Waals surface area contributed by atoms with Crippen LogP contribution in [0.25, 0.3) is 11.2 Å². The first-order valence-electron chi connectivity index (χ1n) is 9.21. The fourth-order valence-corrected chi connectivity index (χ4v) is 3.38. The van der Waals surface area contributed by atoms with Crippen LogP contribution in [0, 0.1) is 0 Å². The minimum absolute atomic E-state index is 0.692. The van der Waals surface area contributed by atoms with Gasteiger partial charge in [0.2, 0.25) is 5.95 Å². The third-order valence-corrected chi connectivity index (χ3v) is 4.83. The summed E-state index contributed by atoms with van der Waals surface area (Å²) in [6.07, 6.45) is 11.3. The molecule has 0 atom stereocenters. The first kappa shape index (κ1) is 16.5. The van der Waals surface area contributed by atoms with Crippen molar-refractivity contribution in [3.63, 3.8) is 0 Å². The normalized spacial score (nSPS) is 14.0. The smallest absolute Gasteiger partial charge is 0.245 e. The molecule has 28 heavy (non-hydrogen) atoms. The molecule has 0 unspecified atom stereocenters. The zero-order valence-corrected chi connectivity index (χ0v) is 15.5. The molecule has 1 aliphatic rings. The molecule has 9 heteroatoms. The van der Waals surface area contributed by atoms with Gasteiger partial charge in [-0.25, -0.2) is 9.50 Å². The third-order valence-electron chi connectivity index (χ3n) is 4.83. The summed E-state index contributed by atoms with van der Waals surface area (Å²) in [5.41, 5.74) is 1.77. The number of fused-ring (bicyclic) bond motifs is 1. The van der Waals surface area contributed by atoms with Crippen molar-refractivity contribution < 1.29 is 4.74 Å². The van der Waals surface area contributed by atoms with Crippen LogP contribution in [-0.2, 0) is 0 Å². The maximum Gasteiger partial charge on any atom is 0.245 e. The van der Waals surface area contributed by atoms with E-state index in [9.17, 15) is 0 Å². The maximum absolute atomic E-state index is 5.24. The second kappa shape index (κ2) is 6.84. The molecule has 4 aromatic rings. The highest BCUT2D eigenvalue weighted by molar-refractivity contribution is 5.73. The summed E-state index contributed by atoms with van der Waals surface area (Å²) in [7, 11) is 1.62. The van der Waals surface area contributed by atoms with E-state index in [4.69, 9.17) is 9.72 Å². The predicted molar refractivity (Wildman–Crippen MR) is 106 cm³/mol. The maximum atomic E-state index is 5.24. The SMILES string of the molecule is COc1cncc(-n2cnc(Nc3nc(N4CCCC4)nn4cccc34)c2)c1. The van der Waals surface area contributed by atoms with Crippen LogP contribution >= 0.6 is 0 Å². The van der Waals surface area contributed by atoms with E-state index in [0.717, 1.165) is 36.1 Å². The van der Waals surface area contributed by atoms with Gasteiger partial charge in [0.1, 0.15) is 23.4 Å². The summed E-state index contributed by atoms with van der Waals surface area (Å²) in [6.45, 7) is 1.98. The fraction of sp³-hybridized carbons (Fsp3) is 0.263. The van der Waals surface area contributed by atoms with Crippen molar-refractivity contribution in [2.75, 3.05) is 30.4 Å². The zero-order chi connectivity index (χ0) is 18.9. The lowest BCUT2D eigenvalue weighted by atomic mass is 10.4. The first-order chi connectivity index (χ1) is 13.8. The minimum atomic E-state index is 0.692. The number of rotatable bonds is 5. The van der Waals surface area contributed by atoms with Gasteiger partial charge in [0.25, 0.3) is 0 Å². The van der Waals surface area contributed by atoms with Crippen LogP contribution in [-0.4, -0.2) is 49.3 Å². The molecular weight excluding hydrogens is 356 g/mol. The number of hydrogen-bond donors (Lipinski definition) is 1. The van der Waals surface area contributed by atoms with Crippen LogP contribution in [0.2, 0.25) is 0 Å². The highest BCUT2D eigenvalue weighted by atomic mass is 16.5. The largest absolute Gasteiger partial charge is 0.495 e. The van der Waals surface area contributed by atoms with Crippen LogP contribution in [0.1, 0.15) is 12.8 Å². The monoisotopic (exact) mass is 376 g/mol. The number of anilines is 3. The van der Waals surface area contributed by atoms with Gasteiger partial charge in [0.05, 0.1) is 31.4 Å². The van der Waals surface area contributed by atoms with E-state index in [-0.39, 0.29) is 0 Å². The number of imidazole rings is 1. The number of hydrogen-bond acceptors (Lipinski definition) is 7. The number of pyridine rings is 1. The highest BCUT2D eigenvalue weighted by Crippen LogP contribution is 2.24. The second-order valence-electron chi connectivity index (χ2n) is 6.67. The lowest BCUT2D eigenvalue weighted by Crippen LogP contribution is -2.22. The molecule has 0 aromatic carbocycles. The van der Waals surface area contributed by atoms with Gasteiger partial charge in [-0.1, -0.05) is 0 Å². The molecule has 1 N–H and O–H groups in total. The quantitative estimate of drug-likeness (QED) is 0.573. The van der Waals surface area contributed by atoms with Crippen molar-refractivity contribution in [2.45, 2.75) is 12.8 Å². The van der Waals surface area contributed by atoms with Crippen molar-refractivity contribution in [1.82, 2.24) is 29.1 Å². The van der Waals surface area contributed by atoms with Crippen LogP contribution < -0.4 is 15.0 Å². The van der Waals surface area contributed by atoms with Gasteiger partial charge < -0.3 is 19.5 Å². The number of ether oxygens (including phenoxy) is 1. The molecule has 1 saturated heterocycles.